The van der Waals surface area contributed by atoms with Crippen molar-refractivity contribution in [1.29, 1.82) is 0 Å². The molecule has 1 aliphatic rings. The van der Waals surface area contributed by atoms with Crippen molar-refractivity contribution in [1.82, 2.24) is 0 Å². The maximum Gasteiger partial charge on any atom is 0.146 e. The first kappa shape index (κ1) is 12.2. The molecule has 2 unspecified atom stereocenters. The first-order chi connectivity index (χ1) is 6.93. The Kier molecular flexibility index (Phi) is 3.50. The van der Waals surface area contributed by atoms with Gasteiger partial charge in [-0.3, -0.25) is 4.79 Å². The second-order valence-electron chi connectivity index (χ2n) is 4.91. The number of rotatable bonds is 3. The number of allylic oxidation sites excluding steroid dienone is 2. The fraction of sp³-hybridized carbons (Fsp3) is 0.615. The highest BCUT2D eigenvalue weighted by Gasteiger charge is 2.42. The molecule has 1 N–H and O–H groups in total. The molecular formula is C13H20O2. The molecule has 1 rings (SSSR count). The van der Waals surface area contributed by atoms with Crippen molar-refractivity contribution < 1.29 is 9.90 Å². The number of carbonyl (C=O) groups excluding carboxylic acids is 1. The fourth-order valence-corrected chi connectivity index (χ4v) is 2.37. The van der Waals surface area contributed by atoms with Gasteiger partial charge < -0.3 is 5.11 Å². The van der Waals surface area contributed by atoms with Crippen LogP contribution in [0.25, 0.3) is 0 Å². The summed E-state index contributed by atoms with van der Waals surface area (Å²) in [5.41, 5.74) is -0.192. The van der Waals surface area contributed by atoms with Crippen molar-refractivity contribution in [2.45, 2.75) is 33.3 Å². The first-order valence-electron chi connectivity index (χ1n) is 5.50. The van der Waals surface area contributed by atoms with Crippen LogP contribution in [0.1, 0.15) is 27.7 Å². The molecule has 0 aromatic carbocycles. The highest BCUT2D eigenvalue weighted by atomic mass is 16.3. The Bertz CT molecular complexity index is 300. The Balaban J connectivity index is 3.15. The van der Waals surface area contributed by atoms with Crippen LogP contribution in [0.4, 0.5) is 0 Å². The highest BCUT2D eigenvalue weighted by molar-refractivity contribution is 5.76. The Morgan fingerprint density at radius 1 is 1.40 bits per heavy atom. The first-order valence-corrected chi connectivity index (χ1v) is 5.50. The van der Waals surface area contributed by atoms with Gasteiger partial charge in [-0.05, 0) is 17.4 Å². The molecule has 0 saturated carbocycles. The molecule has 0 heterocycles. The minimum Gasteiger partial charge on any atom is -0.385 e. The molecule has 0 fully saturated rings. The van der Waals surface area contributed by atoms with Gasteiger partial charge in [-0.2, -0.15) is 0 Å². The van der Waals surface area contributed by atoms with Gasteiger partial charge in [0.2, 0.25) is 0 Å². The maximum atomic E-state index is 11.0. The third-order valence-electron chi connectivity index (χ3n) is 3.24. The van der Waals surface area contributed by atoms with Crippen molar-refractivity contribution in [3.05, 3.63) is 23.8 Å². The van der Waals surface area contributed by atoms with Crippen LogP contribution >= 0.6 is 0 Å². The van der Waals surface area contributed by atoms with Crippen molar-refractivity contribution in [3.8, 4) is 0 Å². The number of aliphatic hydroxyl groups is 1. The molecule has 0 spiro atoms. The second-order valence-corrected chi connectivity index (χ2v) is 4.91. The van der Waals surface area contributed by atoms with Crippen LogP contribution in [-0.2, 0) is 4.79 Å². The zero-order valence-electron chi connectivity index (χ0n) is 9.90. The largest absolute Gasteiger partial charge is 0.385 e. The van der Waals surface area contributed by atoms with Gasteiger partial charge in [0.05, 0.1) is 5.60 Å². The molecule has 0 aliphatic heterocycles. The SMILES string of the molecule is CC(C)C1C(C=O)=CC=CC1(O)C(C)C. The minimum atomic E-state index is -0.890. The molecule has 15 heavy (non-hydrogen) atoms. The second kappa shape index (κ2) is 4.31. The summed E-state index contributed by atoms with van der Waals surface area (Å²) < 4.78 is 0. The molecule has 2 nitrogen and oxygen atoms in total. The van der Waals surface area contributed by atoms with E-state index < -0.39 is 5.60 Å². The summed E-state index contributed by atoms with van der Waals surface area (Å²) in [6, 6.07) is 0. The van der Waals surface area contributed by atoms with E-state index in [1.165, 1.54) is 0 Å². The smallest absolute Gasteiger partial charge is 0.146 e. The van der Waals surface area contributed by atoms with Gasteiger partial charge in [-0.15, -0.1) is 0 Å². The van der Waals surface area contributed by atoms with Crippen molar-refractivity contribution >= 4 is 6.29 Å². The molecule has 84 valence electrons. The Hall–Kier alpha value is -0.890. The zero-order valence-corrected chi connectivity index (χ0v) is 9.90. The van der Waals surface area contributed by atoms with Crippen LogP contribution in [0.15, 0.2) is 23.8 Å². The Labute approximate surface area is 91.7 Å². The van der Waals surface area contributed by atoms with Crippen LogP contribution in [0.3, 0.4) is 0 Å². The van der Waals surface area contributed by atoms with Crippen LogP contribution in [0.5, 0.6) is 0 Å². The fourth-order valence-electron chi connectivity index (χ4n) is 2.37. The van der Waals surface area contributed by atoms with Crippen LogP contribution < -0.4 is 0 Å². The van der Waals surface area contributed by atoms with Gasteiger partial charge in [-0.25, -0.2) is 0 Å². The lowest BCUT2D eigenvalue weighted by atomic mass is 9.68. The molecule has 2 heteroatoms. The average Bonchev–Trinajstić information content (AvgIpc) is 2.16. The van der Waals surface area contributed by atoms with Crippen molar-refractivity contribution in [2.24, 2.45) is 17.8 Å². The Morgan fingerprint density at radius 2 is 2.00 bits per heavy atom. The Morgan fingerprint density at radius 3 is 2.40 bits per heavy atom. The van der Waals surface area contributed by atoms with Gasteiger partial charge in [0.1, 0.15) is 6.29 Å². The van der Waals surface area contributed by atoms with Crippen LogP contribution in [0.2, 0.25) is 0 Å². The van der Waals surface area contributed by atoms with E-state index in [4.69, 9.17) is 0 Å². The van der Waals surface area contributed by atoms with E-state index in [1.54, 1.807) is 12.2 Å². The van der Waals surface area contributed by atoms with E-state index in [0.717, 1.165) is 6.29 Å². The summed E-state index contributed by atoms with van der Waals surface area (Å²) in [5.74, 6) is 0.253. The maximum absolute atomic E-state index is 11.0. The molecule has 1 aliphatic carbocycles. The van der Waals surface area contributed by atoms with E-state index in [-0.39, 0.29) is 17.8 Å². The minimum absolute atomic E-state index is 0.0972. The molecular weight excluding hydrogens is 188 g/mol. The molecule has 0 aromatic rings. The molecule has 2 atom stereocenters. The molecule has 0 bridgehead atoms. The van der Waals surface area contributed by atoms with E-state index in [2.05, 4.69) is 0 Å². The van der Waals surface area contributed by atoms with Crippen molar-refractivity contribution in [3.63, 3.8) is 0 Å². The zero-order chi connectivity index (χ0) is 11.6. The van der Waals surface area contributed by atoms with Gasteiger partial charge in [0, 0.05) is 5.92 Å². The topological polar surface area (TPSA) is 37.3 Å². The van der Waals surface area contributed by atoms with E-state index in [9.17, 15) is 9.90 Å². The van der Waals surface area contributed by atoms with Gasteiger partial charge in [0.25, 0.3) is 0 Å². The van der Waals surface area contributed by atoms with Gasteiger partial charge in [0.15, 0.2) is 0 Å². The molecule has 0 saturated heterocycles. The number of hydrogen-bond donors (Lipinski definition) is 1. The average molecular weight is 208 g/mol. The summed E-state index contributed by atoms with van der Waals surface area (Å²) in [7, 11) is 0. The van der Waals surface area contributed by atoms with E-state index >= 15 is 0 Å². The van der Waals surface area contributed by atoms with Gasteiger partial charge >= 0.3 is 0 Å². The van der Waals surface area contributed by atoms with E-state index in [0.29, 0.717) is 5.57 Å². The van der Waals surface area contributed by atoms with Crippen LogP contribution in [0, 0.1) is 17.8 Å². The monoisotopic (exact) mass is 208 g/mol. The highest BCUT2D eigenvalue weighted by Crippen LogP contribution is 2.39. The number of aldehydes is 1. The summed E-state index contributed by atoms with van der Waals surface area (Å²) >= 11 is 0. The van der Waals surface area contributed by atoms with E-state index in [1.807, 2.05) is 33.8 Å². The third-order valence-corrected chi connectivity index (χ3v) is 3.24. The molecule has 0 radical (unpaired) electrons. The lowest BCUT2D eigenvalue weighted by Crippen LogP contribution is -2.46. The summed E-state index contributed by atoms with van der Waals surface area (Å²) in [5, 5.41) is 10.6. The third kappa shape index (κ3) is 2.05. The van der Waals surface area contributed by atoms with Crippen LogP contribution in [-0.4, -0.2) is 17.0 Å². The van der Waals surface area contributed by atoms with Gasteiger partial charge in [-0.1, -0.05) is 45.9 Å². The predicted octanol–water partition coefficient (Wildman–Crippen LogP) is 2.34. The normalized spacial score (nSPS) is 30.9. The predicted molar refractivity (Wildman–Crippen MR) is 61.4 cm³/mol. The number of hydrogen-bond acceptors (Lipinski definition) is 2. The molecule has 0 aromatic heterocycles. The lowest BCUT2D eigenvalue weighted by molar-refractivity contribution is -0.107. The quantitative estimate of drug-likeness (QED) is 0.723. The summed E-state index contributed by atoms with van der Waals surface area (Å²) in [4.78, 5) is 11.0. The number of carbonyl (C=O) groups is 1. The van der Waals surface area contributed by atoms with Crippen molar-refractivity contribution in [2.75, 3.05) is 0 Å². The standard InChI is InChI=1S/C13H20O2/c1-9(2)12-11(8-14)6-5-7-13(12,15)10(3)4/h5-10,12,15H,1-4H3. The molecule has 0 amide bonds. The summed E-state index contributed by atoms with van der Waals surface area (Å²) in [6.07, 6.45) is 6.26. The lowest BCUT2D eigenvalue weighted by Gasteiger charge is -2.41. The summed E-state index contributed by atoms with van der Waals surface area (Å²) in [6.45, 7) is 8.03.